The van der Waals surface area contributed by atoms with Crippen molar-refractivity contribution < 1.29 is 17.9 Å². The molecule has 6 nitrogen and oxygen atoms in total. The van der Waals surface area contributed by atoms with E-state index in [0.717, 1.165) is 16.4 Å². The summed E-state index contributed by atoms with van der Waals surface area (Å²) in [6.45, 7) is 1.83. The maximum atomic E-state index is 12.5. The first-order valence-electron chi connectivity index (χ1n) is 8.73. The van der Waals surface area contributed by atoms with Crippen LogP contribution < -0.4 is 10.1 Å². The molecule has 8 heteroatoms. The molecule has 0 radical (unpaired) electrons. The van der Waals surface area contributed by atoms with Crippen molar-refractivity contribution in [3.63, 3.8) is 0 Å². The second kappa shape index (κ2) is 9.03. The van der Waals surface area contributed by atoms with Gasteiger partial charge in [-0.1, -0.05) is 0 Å². The average Bonchev–Trinajstić information content (AvgIpc) is 3.22. The Morgan fingerprint density at radius 1 is 1.04 bits per heavy atom. The van der Waals surface area contributed by atoms with Gasteiger partial charge >= 0.3 is 0 Å². The van der Waals surface area contributed by atoms with Gasteiger partial charge in [-0.05, 0) is 84.0 Å². The van der Waals surface area contributed by atoms with Crippen molar-refractivity contribution in [3.05, 3.63) is 57.7 Å². The zero-order valence-electron chi connectivity index (χ0n) is 14.7. The predicted octanol–water partition coefficient (Wildman–Crippen LogP) is 2.88. The number of rotatable bonds is 7. The van der Waals surface area contributed by atoms with Gasteiger partial charge in [-0.3, -0.25) is 4.79 Å². The average molecular weight is 500 g/mol. The van der Waals surface area contributed by atoms with E-state index >= 15 is 0 Å². The molecule has 1 saturated heterocycles. The first-order chi connectivity index (χ1) is 13.0. The van der Waals surface area contributed by atoms with E-state index in [1.807, 2.05) is 12.1 Å². The molecule has 0 bridgehead atoms. The van der Waals surface area contributed by atoms with Crippen LogP contribution in [0.4, 0.5) is 0 Å². The highest BCUT2D eigenvalue weighted by atomic mass is 127. The first kappa shape index (κ1) is 20.1. The standard InChI is InChI=1S/C19H21IN2O4S/c20-16-5-3-15(4-6-16)19(23)21-11-14-26-17-7-9-18(10-8-17)27(24,25)22-12-1-2-13-22/h3-10H,1-2,11-14H2,(H,21,23). The Labute approximate surface area is 173 Å². The van der Waals surface area contributed by atoms with E-state index in [1.165, 1.54) is 4.31 Å². The lowest BCUT2D eigenvalue weighted by Gasteiger charge is -2.15. The van der Waals surface area contributed by atoms with Crippen molar-refractivity contribution >= 4 is 38.5 Å². The summed E-state index contributed by atoms with van der Waals surface area (Å²) in [5, 5.41) is 2.79. The Kier molecular flexibility index (Phi) is 6.72. The molecule has 0 aromatic heterocycles. The maximum absolute atomic E-state index is 12.5. The molecule has 2 aromatic rings. The molecule has 0 unspecified atom stereocenters. The van der Waals surface area contributed by atoms with Crippen LogP contribution in [0, 0.1) is 3.57 Å². The van der Waals surface area contributed by atoms with Crippen LogP contribution in [0.2, 0.25) is 0 Å². The number of ether oxygens (including phenoxy) is 1. The number of nitrogens with one attached hydrogen (secondary N) is 1. The van der Waals surface area contributed by atoms with Gasteiger partial charge in [0, 0.05) is 22.2 Å². The van der Waals surface area contributed by atoms with Crippen molar-refractivity contribution in [1.82, 2.24) is 9.62 Å². The van der Waals surface area contributed by atoms with E-state index in [4.69, 9.17) is 4.74 Å². The zero-order valence-corrected chi connectivity index (χ0v) is 17.7. The molecule has 1 fully saturated rings. The molecule has 1 amide bonds. The summed E-state index contributed by atoms with van der Waals surface area (Å²) < 4.78 is 33.1. The van der Waals surface area contributed by atoms with E-state index in [2.05, 4.69) is 27.9 Å². The molecule has 144 valence electrons. The number of halogens is 1. The van der Waals surface area contributed by atoms with E-state index < -0.39 is 10.0 Å². The van der Waals surface area contributed by atoms with Crippen LogP contribution in [-0.2, 0) is 10.0 Å². The minimum atomic E-state index is -3.41. The molecule has 1 aliphatic rings. The Bertz CT molecular complexity index is 877. The lowest BCUT2D eigenvalue weighted by Crippen LogP contribution is -2.28. The predicted molar refractivity (Wildman–Crippen MR) is 111 cm³/mol. The molecule has 0 atom stereocenters. The number of sulfonamides is 1. The van der Waals surface area contributed by atoms with Gasteiger partial charge in [-0.25, -0.2) is 8.42 Å². The summed E-state index contributed by atoms with van der Waals surface area (Å²) in [6.07, 6.45) is 1.82. The highest BCUT2D eigenvalue weighted by Gasteiger charge is 2.26. The summed E-state index contributed by atoms with van der Waals surface area (Å²) >= 11 is 2.19. The minimum Gasteiger partial charge on any atom is -0.492 e. The van der Waals surface area contributed by atoms with Gasteiger partial charge in [0.25, 0.3) is 5.91 Å². The molecule has 27 heavy (non-hydrogen) atoms. The largest absolute Gasteiger partial charge is 0.492 e. The van der Waals surface area contributed by atoms with Crippen LogP contribution in [-0.4, -0.2) is 44.9 Å². The second-order valence-corrected chi connectivity index (χ2v) is 9.38. The molecule has 1 N–H and O–H groups in total. The van der Waals surface area contributed by atoms with Crippen LogP contribution in [0.25, 0.3) is 0 Å². The number of amides is 1. The Hall–Kier alpha value is -1.65. The molecule has 1 aliphatic heterocycles. The topological polar surface area (TPSA) is 75.7 Å². The molecule has 0 spiro atoms. The van der Waals surface area contributed by atoms with Crippen molar-refractivity contribution in [3.8, 4) is 5.75 Å². The third-order valence-corrected chi connectivity index (χ3v) is 6.92. The number of hydrogen-bond donors (Lipinski definition) is 1. The van der Waals surface area contributed by atoms with Crippen molar-refractivity contribution in [2.45, 2.75) is 17.7 Å². The molecule has 2 aromatic carbocycles. The summed E-state index contributed by atoms with van der Waals surface area (Å²) in [4.78, 5) is 12.3. The highest BCUT2D eigenvalue weighted by Crippen LogP contribution is 2.22. The fourth-order valence-corrected chi connectivity index (χ4v) is 4.70. The smallest absolute Gasteiger partial charge is 0.251 e. The van der Waals surface area contributed by atoms with Crippen LogP contribution in [0.1, 0.15) is 23.2 Å². The third-order valence-electron chi connectivity index (χ3n) is 4.29. The maximum Gasteiger partial charge on any atom is 0.251 e. The van der Waals surface area contributed by atoms with E-state index in [9.17, 15) is 13.2 Å². The van der Waals surface area contributed by atoms with Gasteiger partial charge in [0.2, 0.25) is 10.0 Å². The summed E-state index contributed by atoms with van der Waals surface area (Å²) in [7, 11) is -3.41. The van der Waals surface area contributed by atoms with Gasteiger partial charge in [0.05, 0.1) is 11.4 Å². The fraction of sp³-hybridized carbons (Fsp3) is 0.316. The second-order valence-electron chi connectivity index (χ2n) is 6.19. The third kappa shape index (κ3) is 5.20. The number of nitrogens with zero attached hydrogens (tertiary/aromatic N) is 1. The molecule has 1 heterocycles. The van der Waals surface area contributed by atoms with Crippen LogP contribution >= 0.6 is 22.6 Å². The molecule has 3 rings (SSSR count). The molecule has 0 saturated carbocycles. The van der Waals surface area contributed by atoms with E-state index in [0.29, 0.717) is 37.6 Å². The normalized spacial score (nSPS) is 14.9. The number of hydrogen-bond acceptors (Lipinski definition) is 4. The van der Waals surface area contributed by atoms with Gasteiger partial charge in [-0.2, -0.15) is 4.31 Å². The van der Waals surface area contributed by atoms with Crippen LogP contribution in [0.3, 0.4) is 0 Å². The summed E-state index contributed by atoms with van der Waals surface area (Å²) in [5.74, 6) is 0.418. The molecular weight excluding hydrogens is 479 g/mol. The Morgan fingerprint density at radius 2 is 1.67 bits per heavy atom. The first-order valence-corrected chi connectivity index (χ1v) is 11.3. The molecular formula is C19H21IN2O4S. The highest BCUT2D eigenvalue weighted by molar-refractivity contribution is 14.1. The lowest BCUT2D eigenvalue weighted by atomic mass is 10.2. The Balaban J connectivity index is 1.47. The lowest BCUT2D eigenvalue weighted by molar-refractivity contribution is 0.0947. The monoisotopic (exact) mass is 500 g/mol. The SMILES string of the molecule is O=C(NCCOc1ccc(S(=O)(=O)N2CCCC2)cc1)c1ccc(I)cc1. The van der Waals surface area contributed by atoms with E-state index in [1.54, 1.807) is 36.4 Å². The summed E-state index contributed by atoms with van der Waals surface area (Å²) in [6, 6.07) is 13.7. The number of carbonyl (C=O) groups is 1. The Morgan fingerprint density at radius 3 is 2.30 bits per heavy atom. The fourth-order valence-electron chi connectivity index (χ4n) is 2.82. The minimum absolute atomic E-state index is 0.151. The van der Waals surface area contributed by atoms with Crippen molar-refractivity contribution in [2.75, 3.05) is 26.2 Å². The van der Waals surface area contributed by atoms with Crippen molar-refractivity contribution in [2.24, 2.45) is 0 Å². The number of carbonyl (C=O) groups excluding carboxylic acids is 1. The quantitative estimate of drug-likeness (QED) is 0.469. The molecule has 0 aliphatic carbocycles. The van der Waals surface area contributed by atoms with E-state index in [-0.39, 0.29) is 10.8 Å². The van der Waals surface area contributed by atoms with Crippen molar-refractivity contribution in [1.29, 1.82) is 0 Å². The van der Waals surface area contributed by atoms with Gasteiger partial charge in [0.1, 0.15) is 12.4 Å². The van der Waals surface area contributed by atoms with Crippen LogP contribution in [0.15, 0.2) is 53.4 Å². The van der Waals surface area contributed by atoms with Gasteiger partial charge in [-0.15, -0.1) is 0 Å². The van der Waals surface area contributed by atoms with Gasteiger partial charge in [0.15, 0.2) is 0 Å². The number of benzene rings is 2. The zero-order chi connectivity index (χ0) is 19.3. The summed E-state index contributed by atoms with van der Waals surface area (Å²) in [5.41, 5.74) is 0.604. The van der Waals surface area contributed by atoms with Gasteiger partial charge < -0.3 is 10.1 Å². The van der Waals surface area contributed by atoms with Crippen LogP contribution in [0.5, 0.6) is 5.75 Å².